The molecule has 0 unspecified atom stereocenters. The van der Waals surface area contributed by atoms with E-state index in [1.807, 2.05) is 5.32 Å². The highest BCUT2D eigenvalue weighted by molar-refractivity contribution is 6.01. The average molecular weight is 549 g/mol. The first-order valence-electron chi connectivity index (χ1n) is 12.0. The molecule has 0 aliphatic carbocycles. The molecule has 0 atom stereocenters. The molecule has 0 aromatic rings. The Morgan fingerprint density at radius 3 is 1.29 bits per heavy atom. The van der Waals surface area contributed by atoms with E-state index in [0.717, 1.165) is 0 Å². The van der Waals surface area contributed by atoms with Gasteiger partial charge in [0.2, 0.25) is 17.9 Å². The minimum atomic E-state index is -2.04. The number of carboxylic acid groups (broad SMARTS) is 2. The molecule has 0 saturated carbocycles. The molecule has 2 amide bonds. The fourth-order valence-electron chi connectivity index (χ4n) is 3.13. The maximum atomic E-state index is 12.2. The Kier molecular flexibility index (Phi) is 17.4. The number of carbonyl (C=O) groups excluding carboxylic acids is 4. The highest BCUT2D eigenvalue weighted by Gasteiger charge is 2.28. The molecule has 1 heterocycles. The molecule has 1 aliphatic rings. The van der Waals surface area contributed by atoms with Gasteiger partial charge in [0.15, 0.2) is 0 Å². The quantitative estimate of drug-likeness (QED) is 0.152. The van der Waals surface area contributed by atoms with Gasteiger partial charge in [0, 0.05) is 26.2 Å². The van der Waals surface area contributed by atoms with Crippen molar-refractivity contribution in [1.29, 1.82) is 0 Å². The Morgan fingerprint density at radius 1 is 0.632 bits per heavy atom. The van der Waals surface area contributed by atoms with Crippen molar-refractivity contribution >= 4 is 36.3 Å². The number of amides is 2. The van der Waals surface area contributed by atoms with Crippen LogP contribution in [0.3, 0.4) is 0 Å². The van der Waals surface area contributed by atoms with Crippen LogP contribution in [0, 0.1) is 0 Å². The number of hydrogen-bond donors (Lipinski definition) is 4. The Hall–Kier alpha value is -3.02. The summed E-state index contributed by atoms with van der Waals surface area (Å²) >= 11 is 0. The Balaban J connectivity index is 2.54. The van der Waals surface area contributed by atoms with Crippen molar-refractivity contribution in [2.24, 2.45) is 0 Å². The lowest BCUT2D eigenvalue weighted by Crippen LogP contribution is -2.50. The van der Waals surface area contributed by atoms with E-state index in [9.17, 15) is 28.8 Å². The van der Waals surface area contributed by atoms with Crippen molar-refractivity contribution in [1.82, 2.24) is 20.4 Å². The van der Waals surface area contributed by atoms with E-state index in [1.54, 1.807) is 9.80 Å². The van der Waals surface area contributed by atoms with Gasteiger partial charge in [0.1, 0.15) is 18.6 Å². The lowest BCUT2D eigenvalue weighted by atomic mass is 10.3. The Labute approximate surface area is 219 Å². The maximum Gasteiger partial charge on any atom is 0.338 e. The van der Waals surface area contributed by atoms with Gasteiger partial charge < -0.3 is 49.4 Å². The second-order valence-corrected chi connectivity index (χ2v) is 8.04. The molecule has 0 aromatic heterocycles. The van der Waals surface area contributed by atoms with Crippen molar-refractivity contribution in [2.75, 3.05) is 92.1 Å². The second-order valence-electron chi connectivity index (χ2n) is 8.04. The summed E-state index contributed by atoms with van der Waals surface area (Å²) in [5, 5.41) is 22.1. The maximum absolute atomic E-state index is 12.2. The lowest BCUT2D eigenvalue weighted by Gasteiger charge is -2.23. The summed E-state index contributed by atoms with van der Waals surface area (Å²) in [6.07, 6.45) is 0.691. The third-order valence-electron chi connectivity index (χ3n) is 5.11. The smallest absolute Gasteiger partial charge is 0.338 e. The Bertz CT molecular complexity index is 727. The third kappa shape index (κ3) is 15.3. The molecule has 1 fully saturated rings. The number of nitrogens with one attached hydrogen (secondary N) is 2. The predicted octanol–water partition coefficient (Wildman–Crippen LogP) is -3.79. The second kappa shape index (κ2) is 20.0. The molecular formula is C22H36N4O12. The molecule has 16 nitrogen and oxygen atoms in total. The molecule has 16 heteroatoms. The van der Waals surface area contributed by atoms with Crippen LogP contribution in [-0.2, 0) is 47.7 Å². The summed E-state index contributed by atoms with van der Waals surface area (Å²) in [6.45, 7) is 3.10. The van der Waals surface area contributed by atoms with Gasteiger partial charge in [-0.05, 0) is 0 Å². The summed E-state index contributed by atoms with van der Waals surface area (Å²) in [4.78, 5) is 71.2. The number of rotatable bonds is 10. The normalized spacial score (nSPS) is 18.2. The molecular weight excluding hydrogens is 512 g/mol. The van der Waals surface area contributed by atoms with Crippen molar-refractivity contribution < 1.29 is 57.9 Å². The van der Waals surface area contributed by atoms with Crippen molar-refractivity contribution in [3.8, 4) is 0 Å². The summed E-state index contributed by atoms with van der Waals surface area (Å²) in [6, 6.07) is -3.24. The zero-order valence-electron chi connectivity index (χ0n) is 21.1. The van der Waals surface area contributed by atoms with Crippen LogP contribution in [0.5, 0.6) is 0 Å². The molecule has 0 radical (unpaired) electrons. The van der Waals surface area contributed by atoms with E-state index >= 15 is 0 Å². The standard InChI is InChI=1S/C22H36N4O12/c27-15-17(16-28)23-18(29)13-25-1-5-35-9-11-37-7-3-26(4-8-38-12-10-36-6-2-25)14-19(30)24-20(21(31)32)22(33)34/h15-17,20H,1-14H2,(H,23,29)(H,24,30)(H,31,32)(H,33,34). The van der Waals surface area contributed by atoms with Crippen LogP contribution in [0.2, 0.25) is 0 Å². The highest BCUT2D eigenvalue weighted by atomic mass is 16.5. The molecule has 1 rings (SSSR count). The number of carboxylic acids is 2. The fourth-order valence-corrected chi connectivity index (χ4v) is 3.13. The first kappa shape index (κ1) is 33.0. The number of aldehydes is 2. The highest BCUT2D eigenvalue weighted by Crippen LogP contribution is 1.95. The molecule has 4 N–H and O–H groups in total. The molecule has 0 spiro atoms. The van der Waals surface area contributed by atoms with Crippen molar-refractivity contribution in [3.05, 3.63) is 0 Å². The van der Waals surface area contributed by atoms with Crippen LogP contribution in [0.1, 0.15) is 0 Å². The van der Waals surface area contributed by atoms with Crippen molar-refractivity contribution in [3.63, 3.8) is 0 Å². The molecule has 1 saturated heterocycles. The molecule has 0 aromatic carbocycles. The van der Waals surface area contributed by atoms with Crippen LogP contribution in [-0.4, -0.2) is 161 Å². The van der Waals surface area contributed by atoms with Gasteiger partial charge in [0.25, 0.3) is 0 Å². The van der Waals surface area contributed by atoms with Crippen LogP contribution >= 0.6 is 0 Å². The number of ether oxygens (including phenoxy) is 4. The first-order valence-corrected chi connectivity index (χ1v) is 12.0. The zero-order chi connectivity index (χ0) is 28.2. The molecule has 1 aliphatic heterocycles. The number of aliphatic carboxylic acids is 2. The van der Waals surface area contributed by atoms with Gasteiger partial charge in [0.05, 0.1) is 65.9 Å². The van der Waals surface area contributed by atoms with E-state index in [2.05, 4.69) is 5.32 Å². The van der Waals surface area contributed by atoms with Crippen LogP contribution in [0.4, 0.5) is 0 Å². The number of hydrogen-bond acceptors (Lipinski definition) is 12. The topological polar surface area (TPSA) is 210 Å². The van der Waals surface area contributed by atoms with Gasteiger partial charge >= 0.3 is 11.9 Å². The molecule has 0 bridgehead atoms. The Morgan fingerprint density at radius 2 is 0.974 bits per heavy atom. The van der Waals surface area contributed by atoms with E-state index in [1.165, 1.54) is 0 Å². The van der Waals surface area contributed by atoms with Crippen LogP contribution in [0.15, 0.2) is 0 Å². The molecule has 38 heavy (non-hydrogen) atoms. The van der Waals surface area contributed by atoms with E-state index < -0.39 is 35.8 Å². The van der Waals surface area contributed by atoms with Crippen LogP contribution in [0.25, 0.3) is 0 Å². The van der Waals surface area contributed by atoms with Gasteiger partial charge in [-0.3, -0.25) is 19.4 Å². The van der Waals surface area contributed by atoms with Crippen molar-refractivity contribution in [2.45, 2.75) is 12.1 Å². The lowest BCUT2D eigenvalue weighted by molar-refractivity contribution is -0.153. The van der Waals surface area contributed by atoms with E-state index in [0.29, 0.717) is 38.8 Å². The summed E-state index contributed by atoms with van der Waals surface area (Å²) in [5.74, 6) is -4.59. The summed E-state index contributed by atoms with van der Waals surface area (Å²) in [7, 11) is 0. The predicted molar refractivity (Wildman–Crippen MR) is 127 cm³/mol. The van der Waals surface area contributed by atoms with Gasteiger partial charge in [-0.2, -0.15) is 0 Å². The molecule has 216 valence electrons. The van der Waals surface area contributed by atoms with Crippen LogP contribution < -0.4 is 10.6 Å². The minimum absolute atomic E-state index is 0.0546. The van der Waals surface area contributed by atoms with Gasteiger partial charge in [-0.25, -0.2) is 9.59 Å². The zero-order valence-corrected chi connectivity index (χ0v) is 21.1. The summed E-state index contributed by atoms with van der Waals surface area (Å²) < 4.78 is 22.1. The number of nitrogens with zero attached hydrogens (tertiary/aromatic N) is 2. The van der Waals surface area contributed by atoms with Gasteiger partial charge in [-0.15, -0.1) is 0 Å². The van der Waals surface area contributed by atoms with E-state index in [-0.39, 0.29) is 65.9 Å². The minimum Gasteiger partial charge on any atom is -0.479 e. The number of carbonyl (C=O) groups is 6. The third-order valence-corrected chi connectivity index (χ3v) is 5.11. The van der Waals surface area contributed by atoms with E-state index in [4.69, 9.17) is 29.2 Å². The fraction of sp³-hybridized carbons (Fsp3) is 0.727. The SMILES string of the molecule is O=CC(C=O)NC(=O)CN1CCOCCOCCN(CC(=O)NC(C(=O)O)C(=O)O)CCOCCOCC1. The monoisotopic (exact) mass is 548 g/mol. The summed E-state index contributed by atoms with van der Waals surface area (Å²) in [5.41, 5.74) is 0. The first-order chi connectivity index (χ1) is 18.3. The van der Waals surface area contributed by atoms with Gasteiger partial charge in [-0.1, -0.05) is 0 Å². The largest absolute Gasteiger partial charge is 0.479 e. The average Bonchev–Trinajstić information content (AvgIpc) is 2.87.